The molecule has 0 spiro atoms. The van der Waals surface area contributed by atoms with E-state index in [0.717, 1.165) is 22.8 Å². The lowest BCUT2D eigenvalue weighted by molar-refractivity contribution is 0.709. The fraction of sp³-hybridized carbons (Fsp3) is 0.158. The molecule has 0 saturated heterocycles. The van der Waals surface area contributed by atoms with Crippen LogP contribution in [0.2, 0.25) is 0 Å². The van der Waals surface area contributed by atoms with Crippen molar-refractivity contribution in [2.75, 3.05) is 0 Å². The molecular weight excluding hydrogens is 512 g/mol. The molecule has 42 heavy (non-hydrogen) atoms. The Balaban J connectivity index is 1.30. The fourth-order valence-corrected chi connectivity index (χ4v) is 8.83. The van der Waals surface area contributed by atoms with Gasteiger partial charge in [-0.2, -0.15) is 10.2 Å². The second-order valence-electron chi connectivity index (χ2n) is 12.2. The Bertz CT molecular complexity index is 1910. The molecule has 12 rings (SSSR count). The summed E-state index contributed by atoms with van der Waals surface area (Å²) in [4.78, 5) is 0. The Labute approximate surface area is 244 Å². The van der Waals surface area contributed by atoms with E-state index in [1.165, 1.54) is 66.8 Å². The zero-order chi connectivity index (χ0) is 27.7. The minimum Gasteiger partial charge on any atom is -0.155 e. The molecule has 0 N–H and O–H groups in total. The van der Waals surface area contributed by atoms with Gasteiger partial charge in [0.25, 0.3) is 0 Å². The molecule has 4 aromatic carbocycles. The van der Waals surface area contributed by atoms with Crippen LogP contribution in [0.25, 0.3) is 11.4 Å². The van der Waals surface area contributed by atoms with Gasteiger partial charge >= 0.3 is 0 Å². The fourth-order valence-electron chi connectivity index (χ4n) is 8.83. The maximum absolute atomic E-state index is 5.01. The van der Waals surface area contributed by atoms with Crippen LogP contribution in [-0.4, -0.2) is 20.4 Å². The van der Waals surface area contributed by atoms with E-state index < -0.39 is 0 Å². The summed E-state index contributed by atoms with van der Waals surface area (Å²) >= 11 is 0. The third kappa shape index (κ3) is 2.60. The lowest BCUT2D eigenvalue weighted by Gasteiger charge is -2.44. The van der Waals surface area contributed by atoms with Gasteiger partial charge < -0.3 is 0 Å². The van der Waals surface area contributed by atoms with E-state index in [2.05, 4.69) is 111 Å². The zero-order valence-electron chi connectivity index (χ0n) is 23.3. The van der Waals surface area contributed by atoms with Gasteiger partial charge in [-0.15, -0.1) is 10.2 Å². The van der Waals surface area contributed by atoms with Crippen LogP contribution in [0.3, 0.4) is 0 Å². The van der Waals surface area contributed by atoms with Gasteiger partial charge in [0.15, 0.2) is 0 Å². The summed E-state index contributed by atoms with van der Waals surface area (Å²) in [5.41, 5.74) is 19.9. The molecule has 0 atom stereocenters. The molecule has 0 saturated carbocycles. The Morgan fingerprint density at radius 2 is 0.571 bits per heavy atom. The number of benzene rings is 4. The molecule has 2 aromatic heterocycles. The van der Waals surface area contributed by atoms with E-state index in [-0.39, 0.29) is 23.7 Å². The van der Waals surface area contributed by atoms with Gasteiger partial charge in [-0.1, -0.05) is 97.1 Å². The van der Waals surface area contributed by atoms with Crippen LogP contribution in [0.4, 0.5) is 0 Å². The molecular formula is C38H26N4. The Morgan fingerprint density at radius 1 is 0.333 bits per heavy atom. The van der Waals surface area contributed by atoms with Gasteiger partial charge in [-0.3, -0.25) is 0 Å². The molecule has 2 heterocycles. The first-order valence-corrected chi connectivity index (χ1v) is 14.8. The summed E-state index contributed by atoms with van der Waals surface area (Å²) in [6.07, 6.45) is 0. The van der Waals surface area contributed by atoms with Crippen molar-refractivity contribution in [2.24, 2.45) is 0 Å². The summed E-state index contributed by atoms with van der Waals surface area (Å²) in [6.45, 7) is 4.23. The highest BCUT2D eigenvalue weighted by atomic mass is 15.2. The quantitative estimate of drug-likeness (QED) is 0.217. The summed E-state index contributed by atoms with van der Waals surface area (Å²) in [5.74, 6) is 0.444. The first-order valence-electron chi connectivity index (χ1n) is 14.8. The van der Waals surface area contributed by atoms with Crippen molar-refractivity contribution in [3.63, 3.8) is 0 Å². The Kier molecular flexibility index (Phi) is 4.25. The molecule has 6 aromatic rings. The monoisotopic (exact) mass is 538 g/mol. The van der Waals surface area contributed by atoms with Crippen molar-refractivity contribution in [1.29, 1.82) is 0 Å². The van der Waals surface area contributed by atoms with E-state index in [1.807, 2.05) is 0 Å². The maximum Gasteiger partial charge on any atom is 0.118 e. The molecule has 6 aliphatic carbocycles. The SMILES string of the molecule is Cc1nnc(-c2nnc(C)c3c2C2c4ccccc4C3c3ccccc32)c2c1C1c3ccccc3C2c2ccccc21. The number of aryl methyl sites for hydroxylation is 2. The van der Waals surface area contributed by atoms with Crippen molar-refractivity contribution in [2.45, 2.75) is 37.5 Å². The second kappa shape index (κ2) is 7.86. The predicted octanol–water partition coefficient (Wildman–Crippen LogP) is 7.52. The average Bonchev–Trinajstić information content (AvgIpc) is 3.05. The van der Waals surface area contributed by atoms with E-state index in [1.54, 1.807) is 0 Å². The highest BCUT2D eigenvalue weighted by Gasteiger charge is 2.48. The van der Waals surface area contributed by atoms with Gasteiger partial charge in [0, 0.05) is 23.7 Å². The standard InChI is InChI=1S/C38H26N4/c1-19-29-31-21-11-3-7-15-25(21)33(26-16-8-4-12-22(26)31)35(29)37(41-39-19)38-36-30(20(2)40-42-38)32-23-13-5-9-17-27(23)34(36)28-18-10-6-14-24(28)32/h3-18,31-34H,1-2H3. The summed E-state index contributed by atoms with van der Waals surface area (Å²) in [7, 11) is 0. The van der Waals surface area contributed by atoms with Gasteiger partial charge in [-0.25, -0.2) is 0 Å². The van der Waals surface area contributed by atoms with Gasteiger partial charge in [0.05, 0.1) is 11.4 Å². The minimum absolute atomic E-state index is 0.0840. The van der Waals surface area contributed by atoms with Crippen LogP contribution in [-0.2, 0) is 0 Å². The van der Waals surface area contributed by atoms with Gasteiger partial charge in [-0.05, 0) is 80.6 Å². The maximum atomic E-state index is 5.01. The highest BCUT2D eigenvalue weighted by molar-refractivity contribution is 5.80. The average molecular weight is 539 g/mol. The lowest BCUT2D eigenvalue weighted by atomic mass is 9.59. The molecule has 6 aliphatic rings. The van der Waals surface area contributed by atoms with E-state index in [4.69, 9.17) is 20.4 Å². The van der Waals surface area contributed by atoms with Crippen molar-refractivity contribution >= 4 is 0 Å². The van der Waals surface area contributed by atoms with Crippen LogP contribution in [0.5, 0.6) is 0 Å². The van der Waals surface area contributed by atoms with Crippen LogP contribution < -0.4 is 0 Å². The largest absolute Gasteiger partial charge is 0.155 e. The first kappa shape index (κ1) is 22.7. The molecule has 198 valence electrons. The summed E-state index contributed by atoms with van der Waals surface area (Å²) in [5, 5.41) is 19.7. The smallest absolute Gasteiger partial charge is 0.118 e. The van der Waals surface area contributed by atoms with Crippen molar-refractivity contribution in [3.8, 4) is 11.4 Å². The predicted molar refractivity (Wildman–Crippen MR) is 162 cm³/mol. The molecule has 0 amide bonds. The third-order valence-corrected chi connectivity index (χ3v) is 10.3. The molecule has 0 aliphatic heterocycles. The first-order chi connectivity index (χ1) is 20.7. The van der Waals surface area contributed by atoms with Gasteiger partial charge in [0.1, 0.15) is 11.4 Å². The Hall–Kier alpha value is -4.96. The van der Waals surface area contributed by atoms with Crippen LogP contribution in [0, 0.1) is 13.8 Å². The number of hydrogen-bond acceptors (Lipinski definition) is 4. The normalized spacial score (nSPS) is 21.1. The molecule has 0 fully saturated rings. The van der Waals surface area contributed by atoms with Crippen LogP contribution >= 0.6 is 0 Å². The third-order valence-electron chi connectivity index (χ3n) is 10.3. The number of nitrogens with zero attached hydrogens (tertiary/aromatic N) is 4. The molecule has 4 heteroatoms. The highest BCUT2D eigenvalue weighted by Crippen LogP contribution is 2.61. The van der Waals surface area contributed by atoms with Crippen LogP contribution in [0.15, 0.2) is 97.1 Å². The number of rotatable bonds is 1. The molecule has 4 nitrogen and oxygen atoms in total. The molecule has 0 unspecified atom stereocenters. The van der Waals surface area contributed by atoms with Crippen molar-refractivity contribution < 1.29 is 0 Å². The second-order valence-corrected chi connectivity index (χ2v) is 12.2. The summed E-state index contributed by atoms with van der Waals surface area (Å²) in [6, 6.07) is 35.7. The van der Waals surface area contributed by atoms with E-state index in [0.29, 0.717) is 0 Å². The van der Waals surface area contributed by atoms with Crippen molar-refractivity contribution in [3.05, 3.63) is 175 Å². The van der Waals surface area contributed by atoms with Gasteiger partial charge in [0.2, 0.25) is 0 Å². The molecule has 0 radical (unpaired) electrons. The topological polar surface area (TPSA) is 51.6 Å². The minimum atomic E-state index is 0.0840. The summed E-state index contributed by atoms with van der Waals surface area (Å²) < 4.78 is 0. The molecule has 4 bridgehead atoms. The van der Waals surface area contributed by atoms with E-state index in [9.17, 15) is 0 Å². The van der Waals surface area contributed by atoms with Crippen molar-refractivity contribution in [1.82, 2.24) is 20.4 Å². The number of hydrogen-bond donors (Lipinski definition) is 0. The van der Waals surface area contributed by atoms with Crippen LogP contribution in [0.1, 0.15) is 102 Å². The number of aromatic nitrogens is 4. The lowest BCUT2D eigenvalue weighted by Crippen LogP contribution is -2.32. The zero-order valence-corrected chi connectivity index (χ0v) is 23.3. The van der Waals surface area contributed by atoms with E-state index >= 15 is 0 Å². The Morgan fingerprint density at radius 3 is 0.833 bits per heavy atom.